The number of aromatic nitrogens is 3. The Kier molecular flexibility index (Phi) is 6.87. The fourth-order valence-corrected chi connectivity index (χ4v) is 3.96. The highest BCUT2D eigenvalue weighted by Crippen LogP contribution is 2.26. The molecule has 0 radical (unpaired) electrons. The Bertz CT molecular complexity index is 1260. The van der Waals surface area contributed by atoms with Gasteiger partial charge in [-0.1, -0.05) is 37.3 Å². The number of carbonyl (C=O) groups is 2. The summed E-state index contributed by atoms with van der Waals surface area (Å²) in [6.45, 7) is 2.82. The van der Waals surface area contributed by atoms with Crippen molar-refractivity contribution in [2.24, 2.45) is 5.92 Å². The topological polar surface area (TPSA) is 127 Å². The largest absolute Gasteiger partial charge is 0.481 e. The molecule has 1 aromatic carbocycles. The standard InChI is InChI=1S/C24H27N5O5/c1-3-18(15-7-5-4-6-8-15)29-22-17(26-21(24(29)33)25-12-11-20(30)31)9-10-19(27-22)28(2)23(32)16-13-34-14-16/h4-10,16,18H,3,11-14H2,1-2H3,(H,25,26)(H,30,31)/t18-/m0/s1. The molecule has 1 fully saturated rings. The van der Waals surface area contributed by atoms with Gasteiger partial charge in [0, 0.05) is 13.6 Å². The summed E-state index contributed by atoms with van der Waals surface area (Å²) in [7, 11) is 1.65. The molecule has 0 unspecified atom stereocenters. The monoisotopic (exact) mass is 465 g/mol. The van der Waals surface area contributed by atoms with Gasteiger partial charge in [-0.15, -0.1) is 0 Å². The molecule has 4 rings (SSSR count). The molecule has 178 valence electrons. The molecule has 3 heterocycles. The number of aliphatic carboxylic acids is 1. The van der Waals surface area contributed by atoms with Crippen LogP contribution in [0.4, 0.5) is 11.6 Å². The summed E-state index contributed by atoms with van der Waals surface area (Å²) < 4.78 is 6.71. The maximum atomic E-state index is 13.6. The number of carboxylic acid groups (broad SMARTS) is 1. The highest BCUT2D eigenvalue weighted by molar-refractivity contribution is 5.95. The molecule has 0 spiro atoms. The molecule has 1 amide bonds. The van der Waals surface area contributed by atoms with E-state index >= 15 is 0 Å². The van der Waals surface area contributed by atoms with Gasteiger partial charge in [0.25, 0.3) is 5.56 Å². The molecule has 34 heavy (non-hydrogen) atoms. The number of rotatable bonds is 9. The molecular weight excluding hydrogens is 438 g/mol. The van der Waals surface area contributed by atoms with Gasteiger partial charge in [-0.05, 0) is 24.1 Å². The summed E-state index contributed by atoms with van der Waals surface area (Å²) in [6.07, 6.45) is 0.460. The second-order valence-corrected chi connectivity index (χ2v) is 8.18. The molecule has 1 aliphatic heterocycles. The first kappa shape index (κ1) is 23.4. The second-order valence-electron chi connectivity index (χ2n) is 8.18. The summed E-state index contributed by atoms with van der Waals surface area (Å²) >= 11 is 0. The van der Waals surface area contributed by atoms with Crippen LogP contribution in [0.2, 0.25) is 0 Å². The Balaban J connectivity index is 1.84. The van der Waals surface area contributed by atoms with E-state index in [-0.39, 0.29) is 36.7 Å². The van der Waals surface area contributed by atoms with Crippen LogP contribution in [0.15, 0.2) is 47.3 Å². The highest BCUT2D eigenvalue weighted by Gasteiger charge is 2.30. The van der Waals surface area contributed by atoms with Crippen LogP contribution in [-0.4, -0.2) is 58.3 Å². The van der Waals surface area contributed by atoms with Gasteiger partial charge in [-0.2, -0.15) is 0 Å². The van der Waals surface area contributed by atoms with Crippen molar-refractivity contribution in [3.05, 3.63) is 58.4 Å². The van der Waals surface area contributed by atoms with Gasteiger partial charge < -0.3 is 15.2 Å². The third-order valence-electron chi connectivity index (χ3n) is 5.90. The lowest BCUT2D eigenvalue weighted by Gasteiger charge is -2.29. The number of ether oxygens (including phenoxy) is 1. The minimum absolute atomic E-state index is 0.0636. The zero-order valence-electron chi connectivity index (χ0n) is 19.1. The van der Waals surface area contributed by atoms with Crippen LogP contribution in [0.25, 0.3) is 11.2 Å². The quantitative estimate of drug-likeness (QED) is 0.493. The Morgan fingerprint density at radius 1 is 1.21 bits per heavy atom. The molecule has 0 aliphatic carbocycles. The van der Waals surface area contributed by atoms with Crippen molar-refractivity contribution in [2.75, 3.05) is 37.0 Å². The number of fused-ring (bicyclic) bond motifs is 1. The first-order valence-electron chi connectivity index (χ1n) is 11.2. The van der Waals surface area contributed by atoms with Crippen molar-refractivity contribution in [2.45, 2.75) is 25.8 Å². The zero-order valence-corrected chi connectivity index (χ0v) is 19.1. The summed E-state index contributed by atoms with van der Waals surface area (Å²) in [5.74, 6) is -0.791. The number of pyridine rings is 1. The minimum Gasteiger partial charge on any atom is -0.481 e. The molecule has 1 saturated heterocycles. The van der Waals surface area contributed by atoms with Crippen molar-refractivity contribution in [3.63, 3.8) is 0 Å². The van der Waals surface area contributed by atoms with Crippen molar-refractivity contribution < 1.29 is 19.4 Å². The van der Waals surface area contributed by atoms with Crippen LogP contribution in [0.1, 0.15) is 31.4 Å². The maximum Gasteiger partial charge on any atom is 0.305 e. The third kappa shape index (κ3) is 4.62. The van der Waals surface area contributed by atoms with E-state index in [0.717, 1.165) is 5.56 Å². The van der Waals surface area contributed by atoms with E-state index in [2.05, 4.69) is 15.3 Å². The predicted molar refractivity (Wildman–Crippen MR) is 127 cm³/mol. The van der Waals surface area contributed by atoms with Crippen LogP contribution in [0.3, 0.4) is 0 Å². The molecule has 10 heteroatoms. The van der Waals surface area contributed by atoms with Crippen molar-refractivity contribution in [1.82, 2.24) is 14.5 Å². The minimum atomic E-state index is -0.972. The van der Waals surface area contributed by atoms with Gasteiger partial charge in [0.1, 0.15) is 11.3 Å². The predicted octanol–water partition coefficient (Wildman–Crippen LogP) is 2.29. The number of hydrogen-bond donors (Lipinski definition) is 2. The Hall–Kier alpha value is -3.79. The average Bonchev–Trinajstić information content (AvgIpc) is 2.80. The normalized spacial score (nSPS) is 14.4. The number of anilines is 2. The van der Waals surface area contributed by atoms with E-state index in [4.69, 9.17) is 9.84 Å². The van der Waals surface area contributed by atoms with Crippen molar-refractivity contribution in [1.29, 1.82) is 0 Å². The molecule has 1 atom stereocenters. The Labute approximate surface area is 196 Å². The van der Waals surface area contributed by atoms with Crippen LogP contribution < -0.4 is 15.8 Å². The van der Waals surface area contributed by atoms with Crippen molar-refractivity contribution in [3.8, 4) is 0 Å². The zero-order chi connectivity index (χ0) is 24.2. The smallest absolute Gasteiger partial charge is 0.305 e. The van der Waals surface area contributed by atoms with E-state index in [1.54, 1.807) is 23.7 Å². The van der Waals surface area contributed by atoms with Gasteiger partial charge in [0.15, 0.2) is 11.5 Å². The summed E-state index contributed by atoms with van der Waals surface area (Å²) in [4.78, 5) is 47.8. The SMILES string of the molecule is CC[C@@H](c1ccccc1)n1c(=O)c(NCCC(=O)O)nc2ccc(N(C)C(=O)C3COC3)nc21. The van der Waals surface area contributed by atoms with Crippen LogP contribution >= 0.6 is 0 Å². The molecule has 2 N–H and O–H groups in total. The van der Waals surface area contributed by atoms with Gasteiger partial charge in [-0.3, -0.25) is 23.9 Å². The first-order chi connectivity index (χ1) is 16.4. The highest BCUT2D eigenvalue weighted by atomic mass is 16.5. The second kappa shape index (κ2) is 10.0. The number of carbonyl (C=O) groups excluding carboxylic acids is 1. The van der Waals surface area contributed by atoms with E-state index in [9.17, 15) is 14.4 Å². The summed E-state index contributed by atoms with van der Waals surface area (Å²) in [6, 6.07) is 12.7. The van der Waals surface area contributed by atoms with Gasteiger partial charge in [0.05, 0.1) is 31.6 Å². The van der Waals surface area contributed by atoms with Gasteiger partial charge in [0.2, 0.25) is 5.91 Å². The van der Waals surface area contributed by atoms with E-state index in [1.165, 1.54) is 4.90 Å². The van der Waals surface area contributed by atoms with E-state index in [0.29, 0.717) is 36.6 Å². The molecular formula is C24H27N5O5. The summed E-state index contributed by atoms with van der Waals surface area (Å²) in [5.41, 5.74) is 1.34. The fraction of sp³-hybridized carbons (Fsp3) is 0.375. The number of carboxylic acids is 1. The lowest BCUT2D eigenvalue weighted by Crippen LogP contribution is -2.43. The van der Waals surface area contributed by atoms with Crippen LogP contribution in [-0.2, 0) is 14.3 Å². The molecule has 0 saturated carbocycles. The molecule has 1 aliphatic rings. The van der Waals surface area contributed by atoms with Gasteiger partial charge in [-0.25, -0.2) is 9.97 Å². The lowest BCUT2D eigenvalue weighted by atomic mass is 10.0. The number of nitrogens with zero attached hydrogens (tertiary/aromatic N) is 4. The van der Waals surface area contributed by atoms with Gasteiger partial charge >= 0.3 is 5.97 Å². The number of benzene rings is 1. The molecule has 3 aromatic rings. The summed E-state index contributed by atoms with van der Waals surface area (Å²) in [5, 5.41) is 11.8. The molecule has 2 aromatic heterocycles. The molecule has 0 bridgehead atoms. The van der Waals surface area contributed by atoms with Crippen LogP contribution in [0, 0.1) is 5.92 Å². The Morgan fingerprint density at radius 2 is 1.94 bits per heavy atom. The number of hydrogen-bond acceptors (Lipinski definition) is 7. The average molecular weight is 466 g/mol. The maximum absolute atomic E-state index is 13.6. The van der Waals surface area contributed by atoms with E-state index < -0.39 is 11.5 Å². The number of amides is 1. The van der Waals surface area contributed by atoms with Crippen LogP contribution in [0.5, 0.6) is 0 Å². The molecule has 10 nitrogen and oxygen atoms in total. The lowest BCUT2D eigenvalue weighted by molar-refractivity contribution is -0.137. The van der Waals surface area contributed by atoms with Crippen molar-refractivity contribution >= 4 is 34.7 Å². The van der Waals surface area contributed by atoms with E-state index in [1.807, 2.05) is 37.3 Å². The number of nitrogens with one attached hydrogen (secondary N) is 1. The third-order valence-corrected chi connectivity index (χ3v) is 5.90. The Morgan fingerprint density at radius 3 is 2.56 bits per heavy atom. The first-order valence-corrected chi connectivity index (χ1v) is 11.2. The fourth-order valence-electron chi connectivity index (χ4n) is 3.96.